The summed E-state index contributed by atoms with van der Waals surface area (Å²) in [6, 6.07) is 15.8. The minimum atomic E-state index is -4.00. The van der Waals surface area contributed by atoms with Crippen molar-refractivity contribution in [1.29, 1.82) is 0 Å². The molecule has 0 unspecified atom stereocenters. The molecule has 0 radical (unpaired) electrons. The lowest BCUT2D eigenvalue weighted by atomic mass is 10.1. The van der Waals surface area contributed by atoms with Gasteiger partial charge in [0, 0.05) is 0 Å². The Balaban J connectivity index is 2.22. The molecule has 6 heteroatoms. The third-order valence-corrected chi connectivity index (χ3v) is 10.1. The molecule has 28 heavy (non-hydrogen) atoms. The van der Waals surface area contributed by atoms with Crippen LogP contribution in [0.25, 0.3) is 0 Å². The second-order valence-corrected chi connectivity index (χ2v) is 11.6. The summed E-state index contributed by atoms with van der Waals surface area (Å²) in [4.78, 5) is 0.116. The number of hydrogen-bond acceptors (Lipinski definition) is 4. The molecule has 4 nitrogen and oxygen atoms in total. The van der Waals surface area contributed by atoms with Gasteiger partial charge in [0.1, 0.15) is 0 Å². The molecular weight excluding hydrogens is 392 g/mol. The molecule has 0 fully saturated rings. The zero-order valence-electron chi connectivity index (χ0n) is 16.5. The Morgan fingerprint density at radius 2 is 1.00 bits per heavy atom. The molecule has 0 saturated carbocycles. The summed E-state index contributed by atoms with van der Waals surface area (Å²) in [7, 11) is -7.99. The molecule has 0 amide bonds. The highest BCUT2D eigenvalue weighted by atomic mass is 32.3. The first-order valence-corrected chi connectivity index (χ1v) is 13.1. The van der Waals surface area contributed by atoms with E-state index in [2.05, 4.69) is 6.92 Å². The van der Waals surface area contributed by atoms with Crippen molar-refractivity contribution < 1.29 is 16.8 Å². The van der Waals surface area contributed by atoms with Crippen LogP contribution in [-0.2, 0) is 19.7 Å². The monoisotopic (exact) mass is 422 g/mol. The lowest BCUT2D eigenvalue weighted by molar-refractivity contribution is 0.549. The van der Waals surface area contributed by atoms with Crippen LogP contribution < -0.4 is 0 Å². The van der Waals surface area contributed by atoms with Gasteiger partial charge in [-0.05, 0) is 30.7 Å². The van der Waals surface area contributed by atoms with E-state index in [4.69, 9.17) is 0 Å². The predicted molar refractivity (Wildman–Crippen MR) is 114 cm³/mol. The van der Waals surface area contributed by atoms with Crippen LogP contribution in [0.5, 0.6) is 0 Å². The second kappa shape index (κ2) is 10.8. The fraction of sp³-hybridized carbons (Fsp3) is 0.455. The molecule has 154 valence electrons. The van der Waals surface area contributed by atoms with Gasteiger partial charge in [-0.15, -0.1) is 0 Å². The molecule has 0 N–H and O–H groups in total. The minimum Gasteiger partial charge on any atom is -0.222 e. The van der Waals surface area contributed by atoms with Gasteiger partial charge in [0.25, 0.3) is 0 Å². The Morgan fingerprint density at radius 1 is 0.607 bits per heavy atom. The van der Waals surface area contributed by atoms with Crippen LogP contribution in [0.1, 0.15) is 58.3 Å². The SMILES string of the molecule is CCCCCCCCCC(S(=O)(=O)c1ccccc1)S(=O)(=O)c1ccccc1. The van der Waals surface area contributed by atoms with Crippen molar-refractivity contribution in [3.63, 3.8) is 0 Å². The number of unbranched alkanes of at least 4 members (excludes halogenated alkanes) is 6. The summed E-state index contributed by atoms with van der Waals surface area (Å²) < 4.78 is 51.3. The molecule has 0 aliphatic carbocycles. The van der Waals surface area contributed by atoms with Gasteiger partial charge in [0.2, 0.25) is 0 Å². The largest absolute Gasteiger partial charge is 0.222 e. The van der Waals surface area contributed by atoms with Gasteiger partial charge in [-0.25, -0.2) is 16.8 Å². The molecule has 0 aliphatic heterocycles. The molecular formula is C22H30O4S2. The van der Waals surface area contributed by atoms with Crippen molar-refractivity contribution in [2.45, 2.75) is 72.7 Å². The maximum atomic E-state index is 13.2. The van der Waals surface area contributed by atoms with Crippen molar-refractivity contribution >= 4 is 19.7 Å². The summed E-state index contributed by atoms with van der Waals surface area (Å²) >= 11 is 0. The van der Waals surface area contributed by atoms with Crippen molar-refractivity contribution in [3.8, 4) is 0 Å². The van der Waals surface area contributed by atoms with Crippen LogP contribution in [-0.4, -0.2) is 21.4 Å². The van der Waals surface area contributed by atoms with Crippen molar-refractivity contribution in [2.75, 3.05) is 0 Å². The van der Waals surface area contributed by atoms with E-state index < -0.39 is 24.3 Å². The molecule has 0 atom stereocenters. The summed E-state index contributed by atoms with van der Waals surface area (Å²) in [6.07, 6.45) is 7.19. The molecule has 0 heterocycles. The topological polar surface area (TPSA) is 68.3 Å². The van der Waals surface area contributed by atoms with Gasteiger partial charge in [-0.3, -0.25) is 0 Å². The van der Waals surface area contributed by atoms with E-state index in [1.807, 2.05) is 0 Å². The van der Waals surface area contributed by atoms with E-state index in [0.717, 1.165) is 19.3 Å². The molecule has 2 aromatic rings. The standard InChI is InChI=1S/C22H30O4S2/c1-2-3-4-5-6-7-14-19-22(27(23,24)20-15-10-8-11-16-20)28(25,26)21-17-12-9-13-18-21/h8-13,15-18,22H,2-7,14,19H2,1H3. The first-order valence-electron chi connectivity index (χ1n) is 9.98. The average molecular weight is 423 g/mol. The fourth-order valence-corrected chi connectivity index (χ4v) is 7.90. The Bertz CT molecular complexity index is 836. The van der Waals surface area contributed by atoms with E-state index in [9.17, 15) is 16.8 Å². The number of rotatable bonds is 12. The third-order valence-electron chi connectivity index (χ3n) is 4.88. The molecule has 0 aromatic heterocycles. The Morgan fingerprint density at radius 3 is 1.43 bits per heavy atom. The fourth-order valence-electron chi connectivity index (χ4n) is 3.27. The number of benzene rings is 2. The first-order chi connectivity index (χ1) is 13.4. The van der Waals surface area contributed by atoms with Crippen molar-refractivity contribution in [2.24, 2.45) is 0 Å². The molecule has 0 spiro atoms. The van der Waals surface area contributed by atoms with Gasteiger partial charge in [-0.1, -0.05) is 88.3 Å². The van der Waals surface area contributed by atoms with Crippen LogP contribution in [0.4, 0.5) is 0 Å². The second-order valence-electron chi connectivity index (χ2n) is 7.06. The Labute approximate surface area is 169 Å². The van der Waals surface area contributed by atoms with E-state index >= 15 is 0 Å². The Kier molecular flexibility index (Phi) is 8.70. The van der Waals surface area contributed by atoms with Gasteiger partial charge in [-0.2, -0.15) is 0 Å². The summed E-state index contributed by atoms with van der Waals surface area (Å²) in [5, 5.41) is 0. The van der Waals surface area contributed by atoms with Gasteiger partial charge in [0.15, 0.2) is 24.3 Å². The number of hydrogen-bond donors (Lipinski definition) is 0. The number of sulfone groups is 2. The van der Waals surface area contributed by atoms with Crippen LogP contribution in [0.15, 0.2) is 70.5 Å². The summed E-state index contributed by atoms with van der Waals surface area (Å²) in [5.74, 6) is 0. The van der Waals surface area contributed by atoms with Crippen molar-refractivity contribution in [3.05, 3.63) is 60.7 Å². The minimum absolute atomic E-state index is 0.0578. The van der Waals surface area contributed by atoms with Crippen LogP contribution in [0, 0.1) is 0 Å². The van der Waals surface area contributed by atoms with Gasteiger partial charge < -0.3 is 0 Å². The lowest BCUT2D eigenvalue weighted by Gasteiger charge is -2.18. The zero-order chi connectivity index (χ0) is 20.5. The highest BCUT2D eigenvalue weighted by molar-refractivity contribution is 8.09. The summed E-state index contributed by atoms with van der Waals surface area (Å²) in [6.45, 7) is 2.16. The highest BCUT2D eigenvalue weighted by Crippen LogP contribution is 2.29. The predicted octanol–water partition coefficient (Wildman–Crippen LogP) is 5.40. The maximum absolute atomic E-state index is 13.2. The van der Waals surface area contributed by atoms with Crippen LogP contribution >= 0.6 is 0 Å². The Hall–Kier alpha value is -1.66. The lowest BCUT2D eigenvalue weighted by Crippen LogP contribution is -2.31. The highest BCUT2D eigenvalue weighted by Gasteiger charge is 2.39. The quantitative estimate of drug-likeness (QED) is 0.429. The molecule has 2 aromatic carbocycles. The van der Waals surface area contributed by atoms with E-state index in [1.165, 1.54) is 43.5 Å². The van der Waals surface area contributed by atoms with Crippen LogP contribution in [0.2, 0.25) is 0 Å². The molecule has 0 bridgehead atoms. The molecule has 0 saturated heterocycles. The van der Waals surface area contributed by atoms with Gasteiger partial charge >= 0.3 is 0 Å². The average Bonchev–Trinajstić information content (AvgIpc) is 2.71. The van der Waals surface area contributed by atoms with Gasteiger partial charge in [0.05, 0.1) is 9.79 Å². The van der Waals surface area contributed by atoms with E-state index in [0.29, 0.717) is 6.42 Å². The van der Waals surface area contributed by atoms with Crippen molar-refractivity contribution in [1.82, 2.24) is 0 Å². The zero-order valence-corrected chi connectivity index (χ0v) is 18.1. The maximum Gasteiger partial charge on any atom is 0.195 e. The van der Waals surface area contributed by atoms with E-state index in [1.54, 1.807) is 36.4 Å². The van der Waals surface area contributed by atoms with E-state index in [-0.39, 0.29) is 16.2 Å². The van der Waals surface area contributed by atoms with Crippen LogP contribution in [0.3, 0.4) is 0 Å². The molecule has 0 aliphatic rings. The third kappa shape index (κ3) is 5.92. The smallest absolute Gasteiger partial charge is 0.195 e. The molecule has 2 rings (SSSR count). The normalized spacial score (nSPS) is 12.4. The summed E-state index contributed by atoms with van der Waals surface area (Å²) in [5.41, 5.74) is 0. The first kappa shape index (κ1) is 22.6.